The summed E-state index contributed by atoms with van der Waals surface area (Å²) in [7, 11) is 1.47. The number of rotatable bonds is 14. The average Bonchev–Trinajstić information content (AvgIpc) is 3.25. The SMILES string of the molecule is CCCCC1SC1CCCCCCCCCCC(=O)OC. The zero-order chi connectivity index (χ0) is 15.3. The summed E-state index contributed by atoms with van der Waals surface area (Å²) in [6.45, 7) is 2.29. The van der Waals surface area contributed by atoms with Gasteiger partial charge in [0.25, 0.3) is 0 Å². The summed E-state index contributed by atoms with van der Waals surface area (Å²) in [5, 5.41) is 2.02. The molecule has 0 aliphatic carbocycles. The highest BCUT2D eigenvalue weighted by Crippen LogP contribution is 2.47. The fraction of sp³-hybridized carbons (Fsp3) is 0.944. The van der Waals surface area contributed by atoms with Crippen LogP contribution in [-0.4, -0.2) is 23.6 Å². The van der Waals surface area contributed by atoms with Gasteiger partial charge in [-0.3, -0.25) is 4.79 Å². The van der Waals surface area contributed by atoms with Crippen molar-refractivity contribution in [2.24, 2.45) is 0 Å². The Morgan fingerprint density at radius 2 is 1.38 bits per heavy atom. The minimum atomic E-state index is -0.0646. The van der Waals surface area contributed by atoms with Crippen molar-refractivity contribution in [3.8, 4) is 0 Å². The summed E-state index contributed by atoms with van der Waals surface area (Å²) in [5.74, 6) is -0.0646. The van der Waals surface area contributed by atoms with Crippen molar-refractivity contribution in [3.63, 3.8) is 0 Å². The van der Waals surface area contributed by atoms with E-state index >= 15 is 0 Å². The molecule has 0 aromatic carbocycles. The number of carbonyl (C=O) groups excluding carboxylic acids is 1. The second-order valence-electron chi connectivity index (χ2n) is 6.30. The highest BCUT2D eigenvalue weighted by molar-refractivity contribution is 8.07. The number of ether oxygens (including phenoxy) is 1. The van der Waals surface area contributed by atoms with Crippen molar-refractivity contribution >= 4 is 17.7 Å². The molecule has 1 heterocycles. The normalized spacial score (nSPS) is 20.5. The maximum atomic E-state index is 10.9. The van der Waals surface area contributed by atoms with Gasteiger partial charge in [0.2, 0.25) is 0 Å². The van der Waals surface area contributed by atoms with Gasteiger partial charge in [0.1, 0.15) is 0 Å². The van der Waals surface area contributed by atoms with E-state index in [1.54, 1.807) is 0 Å². The lowest BCUT2D eigenvalue weighted by atomic mass is 10.0. The second-order valence-corrected chi connectivity index (χ2v) is 7.78. The van der Waals surface area contributed by atoms with Crippen molar-refractivity contribution in [1.29, 1.82) is 0 Å². The third kappa shape index (κ3) is 10.2. The molecule has 21 heavy (non-hydrogen) atoms. The highest BCUT2D eigenvalue weighted by Gasteiger charge is 2.36. The predicted octanol–water partition coefficient (Wildman–Crippen LogP) is 5.73. The lowest BCUT2D eigenvalue weighted by Gasteiger charge is -2.02. The van der Waals surface area contributed by atoms with Crippen LogP contribution in [0.5, 0.6) is 0 Å². The van der Waals surface area contributed by atoms with Crippen molar-refractivity contribution < 1.29 is 9.53 Å². The minimum Gasteiger partial charge on any atom is -0.469 e. The first-order valence-electron chi connectivity index (χ1n) is 9.00. The molecule has 0 aromatic rings. The van der Waals surface area contributed by atoms with E-state index in [4.69, 9.17) is 0 Å². The lowest BCUT2D eigenvalue weighted by molar-refractivity contribution is -0.140. The fourth-order valence-electron chi connectivity index (χ4n) is 2.87. The number of esters is 1. The predicted molar refractivity (Wildman–Crippen MR) is 92.9 cm³/mol. The standard InChI is InChI=1S/C18H34O2S/c1-3-4-13-16-17(21-16)14-11-9-7-5-6-8-10-12-15-18(19)20-2/h16-17H,3-15H2,1-2H3. The molecule has 0 N–H and O–H groups in total. The molecule has 1 rings (SSSR count). The van der Waals surface area contributed by atoms with Gasteiger partial charge < -0.3 is 4.74 Å². The Balaban J connectivity index is 1.73. The third-order valence-electron chi connectivity index (χ3n) is 4.38. The molecular formula is C18H34O2S. The van der Waals surface area contributed by atoms with Crippen LogP contribution < -0.4 is 0 Å². The van der Waals surface area contributed by atoms with Crippen LogP contribution in [0, 0.1) is 0 Å². The van der Waals surface area contributed by atoms with E-state index in [1.807, 2.05) is 0 Å². The molecule has 0 aromatic heterocycles. The van der Waals surface area contributed by atoms with Crippen molar-refractivity contribution in [2.45, 2.75) is 101 Å². The quantitative estimate of drug-likeness (QED) is 0.232. The van der Waals surface area contributed by atoms with E-state index in [0.717, 1.165) is 16.9 Å². The Morgan fingerprint density at radius 1 is 0.857 bits per heavy atom. The van der Waals surface area contributed by atoms with Gasteiger partial charge in [-0.2, -0.15) is 11.8 Å². The first-order valence-corrected chi connectivity index (χ1v) is 9.94. The van der Waals surface area contributed by atoms with Crippen molar-refractivity contribution in [1.82, 2.24) is 0 Å². The Morgan fingerprint density at radius 3 is 1.95 bits per heavy atom. The Kier molecular flexibility index (Phi) is 11.1. The molecule has 0 bridgehead atoms. The zero-order valence-electron chi connectivity index (χ0n) is 14.1. The smallest absolute Gasteiger partial charge is 0.305 e. The summed E-state index contributed by atoms with van der Waals surface area (Å²) in [4.78, 5) is 10.9. The topological polar surface area (TPSA) is 26.3 Å². The largest absolute Gasteiger partial charge is 0.469 e. The van der Waals surface area contributed by atoms with Crippen molar-refractivity contribution in [2.75, 3.05) is 7.11 Å². The van der Waals surface area contributed by atoms with Crippen LogP contribution in [0.25, 0.3) is 0 Å². The maximum absolute atomic E-state index is 10.9. The number of hydrogen-bond acceptors (Lipinski definition) is 3. The summed E-state index contributed by atoms with van der Waals surface area (Å²) >= 11 is 2.22. The highest BCUT2D eigenvalue weighted by atomic mass is 32.2. The number of carbonyl (C=O) groups is 1. The Hall–Kier alpha value is -0.180. The first-order chi connectivity index (χ1) is 10.3. The Labute approximate surface area is 135 Å². The molecule has 1 aliphatic rings. The summed E-state index contributed by atoms with van der Waals surface area (Å²) < 4.78 is 4.64. The van der Waals surface area contributed by atoms with Gasteiger partial charge in [-0.15, -0.1) is 0 Å². The van der Waals surface area contributed by atoms with E-state index < -0.39 is 0 Å². The molecule has 3 heteroatoms. The molecule has 124 valence electrons. The monoisotopic (exact) mass is 314 g/mol. The molecule has 0 spiro atoms. The molecule has 0 saturated carbocycles. The third-order valence-corrected chi connectivity index (χ3v) is 5.89. The molecule has 2 unspecified atom stereocenters. The van der Waals surface area contributed by atoms with Crippen LogP contribution in [0.2, 0.25) is 0 Å². The zero-order valence-corrected chi connectivity index (χ0v) is 14.9. The molecule has 1 saturated heterocycles. The molecule has 0 radical (unpaired) electrons. The number of hydrogen-bond donors (Lipinski definition) is 0. The van der Waals surface area contributed by atoms with E-state index in [2.05, 4.69) is 23.4 Å². The van der Waals surface area contributed by atoms with Gasteiger partial charge in [0, 0.05) is 16.9 Å². The van der Waals surface area contributed by atoms with E-state index in [0.29, 0.717) is 6.42 Å². The van der Waals surface area contributed by atoms with Crippen LogP contribution in [0.15, 0.2) is 0 Å². The van der Waals surface area contributed by atoms with Gasteiger partial charge in [-0.1, -0.05) is 64.7 Å². The van der Waals surface area contributed by atoms with Gasteiger partial charge in [0.15, 0.2) is 0 Å². The summed E-state index contributed by atoms with van der Waals surface area (Å²) in [5.41, 5.74) is 0. The van der Waals surface area contributed by atoms with E-state index in [9.17, 15) is 4.79 Å². The van der Waals surface area contributed by atoms with Gasteiger partial charge in [-0.25, -0.2) is 0 Å². The summed E-state index contributed by atoms with van der Waals surface area (Å²) in [6.07, 6.45) is 16.7. The maximum Gasteiger partial charge on any atom is 0.305 e. The van der Waals surface area contributed by atoms with E-state index in [1.165, 1.54) is 77.7 Å². The molecular weight excluding hydrogens is 280 g/mol. The van der Waals surface area contributed by atoms with Crippen LogP contribution in [0.3, 0.4) is 0 Å². The number of thioether (sulfide) groups is 1. The Bertz CT molecular complexity index is 268. The van der Waals surface area contributed by atoms with Crippen molar-refractivity contribution in [3.05, 3.63) is 0 Å². The van der Waals surface area contributed by atoms with Gasteiger partial charge in [-0.05, 0) is 19.3 Å². The minimum absolute atomic E-state index is 0.0646. The van der Waals surface area contributed by atoms with Crippen LogP contribution >= 0.6 is 11.8 Å². The van der Waals surface area contributed by atoms with Crippen LogP contribution in [0.1, 0.15) is 90.4 Å². The molecule has 0 amide bonds. The first kappa shape index (κ1) is 18.9. The summed E-state index contributed by atoms with van der Waals surface area (Å²) in [6, 6.07) is 0. The molecule has 1 aliphatic heterocycles. The molecule has 2 nitrogen and oxygen atoms in total. The van der Waals surface area contributed by atoms with Crippen LogP contribution in [0.4, 0.5) is 0 Å². The van der Waals surface area contributed by atoms with Gasteiger partial charge >= 0.3 is 5.97 Å². The average molecular weight is 315 g/mol. The van der Waals surface area contributed by atoms with Crippen LogP contribution in [-0.2, 0) is 9.53 Å². The fourth-order valence-corrected chi connectivity index (χ4v) is 4.11. The molecule has 2 atom stereocenters. The lowest BCUT2D eigenvalue weighted by Crippen LogP contribution is -1.99. The number of unbranched alkanes of at least 4 members (excludes halogenated alkanes) is 8. The number of methoxy groups -OCH3 is 1. The van der Waals surface area contributed by atoms with E-state index in [-0.39, 0.29) is 5.97 Å². The molecule has 1 fully saturated rings. The second kappa shape index (κ2) is 12.4. The van der Waals surface area contributed by atoms with Gasteiger partial charge in [0.05, 0.1) is 7.11 Å².